The highest BCUT2D eigenvalue weighted by Gasteiger charge is 2.15. The third-order valence-electron chi connectivity index (χ3n) is 4.20. The van der Waals surface area contributed by atoms with Crippen LogP contribution in [0, 0.1) is 5.82 Å². The van der Waals surface area contributed by atoms with Crippen molar-refractivity contribution in [2.75, 3.05) is 5.32 Å². The second-order valence-corrected chi connectivity index (χ2v) is 7.53. The molecule has 0 aliphatic heterocycles. The minimum Gasteiger partial charge on any atom is -0.303 e. The zero-order valence-electron chi connectivity index (χ0n) is 14.9. The van der Waals surface area contributed by atoms with E-state index < -0.39 is 5.91 Å². The van der Waals surface area contributed by atoms with E-state index >= 15 is 0 Å². The van der Waals surface area contributed by atoms with Crippen molar-refractivity contribution in [2.24, 2.45) is 0 Å². The molecule has 2 aromatic carbocycles. The summed E-state index contributed by atoms with van der Waals surface area (Å²) in [5, 5.41) is 14.5. The number of aromatic amines is 1. The second kappa shape index (κ2) is 8.18. The Hall–Kier alpha value is -2.97. The molecule has 0 spiro atoms. The van der Waals surface area contributed by atoms with Crippen molar-refractivity contribution in [3.05, 3.63) is 87.4 Å². The Bertz CT molecular complexity index is 1170. The first-order valence-corrected chi connectivity index (χ1v) is 9.76. The van der Waals surface area contributed by atoms with E-state index in [0.29, 0.717) is 26.6 Å². The van der Waals surface area contributed by atoms with Crippen LogP contribution in [-0.2, 0) is 6.54 Å². The van der Waals surface area contributed by atoms with Crippen LogP contribution in [0.1, 0.15) is 16.1 Å². The van der Waals surface area contributed by atoms with E-state index in [0.717, 1.165) is 5.56 Å². The lowest BCUT2D eigenvalue weighted by Crippen LogP contribution is -2.13. The third-order valence-corrected chi connectivity index (χ3v) is 5.03. The Morgan fingerprint density at radius 1 is 1.21 bits per heavy atom. The van der Waals surface area contributed by atoms with Crippen LogP contribution in [0.2, 0.25) is 5.02 Å². The van der Waals surface area contributed by atoms with Crippen molar-refractivity contribution in [3.8, 4) is 11.3 Å². The zero-order valence-corrected chi connectivity index (χ0v) is 17.2. The van der Waals surface area contributed by atoms with Gasteiger partial charge in [0.25, 0.3) is 5.91 Å². The number of aromatic nitrogens is 4. The Labute approximate surface area is 178 Å². The minimum absolute atomic E-state index is 0.242. The molecule has 0 radical (unpaired) electrons. The number of nitrogens with zero attached hydrogens (tertiary/aromatic N) is 3. The molecule has 146 valence electrons. The van der Waals surface area contributed by atoms with Crippen LogP contribution < -0.4 is 5.32 Å². The van der Waals surface area contributed by atoms with Gasteiger partial charge >= 0.3 is 0 Å². The van der Waals surface area contributed by atoms with Crippen molar-refractivity contribution < 1.29 is 9.18 Å². The van der Waals surface area contributed by atoms with Gasteiger partial charge in [0.05, 0.1) is 16.7 Å². The van der Waals surface area contributed by atoms with Gasteiger partial charge in [-0.1, -0.05) is 41.9 Å². The summed E-state index contributed by atoms with van der Waals surface area (Å²) < 4.78 is 16.0. The molecule has 29 heavy (non-hydrogen) atoms. The molecule has 0 aliphatic carbocycles. The summed E-state index contributed by atoms with van der Waals surface area (Å²) in [5.41, 5.74) is 2.24. The molecule has 2 aromatic heterocycles. The van der Waals surface area contributed by atoms with Crippen molar-refractivity contribution in [1.29, 1.82) is 0 Å². The lowest BCUT2D eigenvalue weighted by Gasteiger charge is -2.03. The Morgan fingerprint density at radius 3 is 2.72 bits per heavy atom. The number of halogens is 3. The molecule has 1 amide bonds. The van der Waals surface area contributed by atoms with Crippen molar-refractivity contribution >= 4 is 39.3 Å². The zero-order chi connectivity index (χ0) is 20.4. The molecule has 0 unspecified atom stereocenters. The number of benzene rings is 2. The van der Waals surface area contributed by atoms with E-state index in [4.69, 9.17) is 11.6 Å². The molecular formula is C20H14BrClFN5O. The molecule has 0 saturated heterocycles. The lowest BCUT2D eigenvalue weighted by molar-refractivity contribution is 0.102. The SMILES string of the molecule is O=C(Nc1nn(Cc2ccccc2F)cc1Br)c1cc(-c2ccc(Cl)cc2)n[nH]1. The number of anilines is 1. The molecule has 0 aliphatic rings. The quantitative estimate of drug-likeness (QED) is 0.421. The van der Waals surface area contributed by atoms with E-state index in [2.05, 4.69) is 36.5 Å². The summed E-state index contributed by atoms with van der Waals surface area (Å²) in [7, 11) is 0. The number of hydrogen-bond donors (Lipinski definition) is 2. The number of rotatable bonds is 5. The first-order chi connectivity index (χ1) is 14.0. The maximum Gasteiger partial charge on any atom is 0.274 e. The summed E-state index contributed by atoms with van der Waals surface area (Å²) >= 11 is 9.26. The highest BCUT2D eigenvalue weighted by atomic mass is 79.9. The van der Waals surface area contributed by atoms with Crippen LogP contribution >= 0.6 is 27.5 Å². The van der Waals surface area contributed by atoms with Crippen molar-refractivity contribution in [3.63, 3.8) is 0 Å². The van der Waals surface area contributed by atoms with Crippen LogP contribution in [0.25, 0.3) is 11.3 Å². The van der Waals surface area contributed by atoms with Gasteiger partial charge in [0.15, 0.2) is 5.82 Å². The van der Waals surface area contributed by atoms with Crippen LogP contribution in [0.15, 0.2) is 65.3 Å². The normalized spacial score (nSPS) is 10.9. The highest BCUT2D eigenvalue weighted by molar-refractivity contribution is 9.10. The van der Waals surface area contributed by atoms with Gasteiger partial charge in [-0.15, -0.1) is 0 Å². The molecule has 0 bridgehead atoms. The Morgan fingerprint density at radius 2 is 1.97 bits per heavy atom. The van der Waals surface area contributed by atoms with Crippen LogP contribution in [-0.4, -0.2) is 25.9 Å². The predicted molar refractivity (Wildman–Crippen MR) is 112 cm³/mol. The summed E-state index contributed by atoms with van der Waals surface area (Å²) in [4.78, 5) is 12.6. The van der Waals surface area contributed by atoms with E-state index in [1.165, 1.54) is 6.07 Å². The molecule has 2 heterocycles. The van der Waals surface area contributed by atoms with Crippen molar-refractivity contribution in [2.45, 2.75) is 6.54 Å². The fourth-order valence-electron chi connectivity index (χ4n) is 2.75. The molecule has 6 nitrogen and oxygen atoms in total. The minimum atomic E-state index is -0.394. The summed E-state index contributed by atoms with van der Waals surface area (Å²) in [5.74, 6) is -0.375. The predicted octanol–water partition coefficient (Wildman–Crippen LogP) is 5.13. The maximum atomic E-state index is 13.8. The third kappa shape index (κ3) is 4.38. The fourth-order valence-corrected chi connectivity index (χ4v) is 3.29. The molecule has 4 rings (SSSR count). The number of carbonyl (C=O) groups excluding carboxylic acids is 1. The van der Waals surface area contributed by atoms with Crippen LogP contribution in [0.5, 0.6) is 0 Å². The average Bonchev–Trinajstić information content (AvgIpc) is 3.32. The van der Waals surface area contributed by atoms with Gasteiger partial charge in [0, 0.05) is 22.3 Å². The smallest absolute Gasteiger partial charge is 0.274 e. The van der Waals surface area contributed by atoms with Gasteiger partial charge in [0.2, 0.25) is 0 Å². The van der Waals surface area contributed by atoms with Gasteiger partial charge < -0.3 is 5.32 Å². The average molecular weight is 475 g/mol. The highest BCUT2D eigenvalue weighted by Crippen LogP contribution is 2.23. The lowest BCUT2D eigenvalue weighted by atomic mass is 10.1. The first-order valence-electron chi connectivity index (χ1n) is 8.58. The topological polar surface area (TPSA) is 75.6 Å². The van der Waals surface area contributed by atoms with Gasteiger partial charge in [-0.2, -0.15) is 10.2 Å². The number of H-pyrrole nitrogens is 1. The number of hydrogen-bond acceptors (Lipinski definition) is 3. The Balaban J connectivity index is 1.48. The summed E-state index contributed by atoms with van der Waals surface area (Å²) in [6.45, 7) is 0.242. The number of carbonyl (C=O) groups is 1. The van der Waals surface area contributed by atoms with E-state index in [-0.39, 0.29) is 18.1 Å². The summed E-state index contributed by atoms with van der Waals surface area (Å²) in [6, 6.07) is 15.3. The number of nitrogens with one attached hydrogen (secondary N) is 2. The van der Waals surface area contributed by atoms with Crippen LogP contribution in [0.4, 0.5) is 10.2 Å². The van der Waals surface area contributed by atoms with Gasteiger partial charge in [0.1, 0.15) is 11.5 Å². The molecule has 9 heteroatoms. The molecule has 2 N–H and O–H groups in total. The van der Waals surface area contributed by atoms with Gasteiger partial charge in [-0.05, 0) is 40.2 Å². The number of amides is 1. The standard InChI is InChI=1S/C20H14BrClFN5O/c21-15-11-28(10-13-3-1-2-4-16(13)23)27-19(15)24-20(29)18-9-17(25-26-18)12-5-7-14(22)8-6-12/h1-9,11H,10H2,(H,25,26)(H,24,27,29). The van der Waals surface area contributed by atoms with E-state index in [1.54, 1.807) is 47.3 Å². The van der Waals surface area contributed by atoms with E-state index in [1.807, 2.05) is 12.1 Å². The van der Waals surface area contributed by atoms with Gasteiger partial charge in [-0.25, -0.2) is 4.39 Å². The molecule has 0 atom stereocenters. The Kier molecular flexibility index (Phi) is 5.46. The maximum absolute atomic E-state index is 13.8. The van der Waals surface area contributed by atoms with E-state index in [9.17, 15) is 9.18 Å². The molecule has 4 aromatic rings. The van der Waals surface area contributed by atoms with Crippen molar-refractivity contribution in [1.82, 2.24) is 20.0 Å². The molecule has 0 fully saturated rings. The molecular weight excluding hydrogens is 461 g/mol. The fraction of sp³-hybridized carbons (Fsp3) is 0.0500. The summed E-state index contributed by atoms with van der Waals surface area (Å²) in [6.07, 6.45) is 1.67. The first kappa shape index (κ1) is 19.4. The van der Waals surface area contributed by atoms with Gasteiger partial charge in [-0.3, -0.25) is 14.6 Å². The second-order valence-electron chi connectivity index (χ2n) is 6.24. The molecule has 0 saturated carbocycles. The largest absolute Gasteiger partial charge is 0.303 e. The monoisotopic (exact) mass is 473 g/mol. The van der Waals surface area contributed by atoms with Crippen LogP contribution in [0.3, 0.4) is 0 Å².